The molecule has 0 bridgehead atoms. The number of hydrogen-bond donors (Lipinski definition) is 3. The number of hydrogen-bond acceptors (Lipinski definition) is 8. The van der Waals surface area contributed by atoms with Gasteiger partial charge in [0, 0.05) is 26.1 Å². The molecule has 0 aliphatic carbocycles. The van der Waals surface area contributed by atoms with Crippen molar-refractivity contribution in [3.05, 3.63) is 41.5 Å². The van der Waals surface area contributed by atoms with Gasteiger partial charge in [0.2, 0.25) is 11.7 Å². The summed E-state index contributed by atoms with van der Waals surface area (Å²) in [5.74, 6) is 2.03. The zero-order valence-corrected chi connectivity index (χ0v) is 20.9. The Balaban J connectivity index is 2.20. The highest BCUT2D eigenvalue weighted by Gasteiger charge is 2.13. The van der Waals surface area contributed by atoms with Gasteiger partial charge in [0.15, 0.2) is 11.5 Å². The number of carbonyl (C=O) groups is 1. The maximum absolute atomic E-state index is 12.6. The molecule has 0 saturated carbocycles. The minimum atomic E-state index is -0.183. The van der Waals surface area contributed by atoms with Gasteiger partial charge in [-0.15, -0.1) is 0 Å². The van der Waals surface area contributed by atoms with Crippen molar-refractivity contribution in [3.8, 4) is 23.0 Å². The molecule has 0 spiro atoms. The number of nitrogens with zero attached hydrogens (tertiary/aromatic N) is 1. The van der Waals surface area contributed by atoms with E-state index in [2.05, 4.69) is 5.32 Å². The van der Waals surface area contributed by atoms with Crippen LogP contribution in [-0.4, -0.2) is 81.8 Å². The molecule has 9 heteroatoms. The highest BCUT2D eigenvalue weighted by molar-refractivity contribution is 5.93. The van der Waals surface area contributed by atoms with Crippen LogP contribution in [0.25, 0.3) is 12.2 Å². The number of benzene rings is 2. The lowest BCUT2D eigenvalue weighted by atomic mass is 10.1. The quantitative estimate of drug-likeness (QED) is 0.328. The van der Waals surface area contributed by atoms with Gasteiger partial charge in [0.25, 0.3) is 0 Å². The van der Waals surface area contributed by atoms with Crippen LogP contribution in [0.4, 0.5) is 5.69 Å². The normalized spacial score (nSPS) is 11.1. The van der Waals surface area contributed by atoms with Gasteiger partial charge in [-0.25, -0.2) is 0 Å². The van der Waals surface area contributed by atoms with E-state index >= 15 is 0 Å². The molecule has 0 aliphatic rings. The minimum absolute atomic E-state index is 0.0313. The van der Waals surface area contributed by atoms with Gasteiger partial charge >= 0.3 is 0 Å². The molecule has 0 atom stereocenters. The summed E-state index contributed by atoms with van der Waals surface area (Å²) in [4.78, 5) is 14.4. The van der Waals surface area contributed by atoms with E-state index in [0.29, 0.717) is 54.9 Å². The molecule has 0 aromatic heterocycles. The molecule has 0 fully saturated rings. The Kier molecular flexibility index (Phi) is 11.9. The molecule has 2 rings (SSSR count). The van der Waals surface area contributed by atoms with Gasteiger partial charge in [0.05, 0.1) is 46.8 Å². The SMILES string of the molecule is CCOc1ccc(/C=C\c2cc(OC)c(OC)c(OC)c2)cc1NC(=O)CCN(CCO)CCO. The average molecular weight is 489 g/mol. The third kappa shape index (κ3) is 8.47. The van der Waals surface area contributed by atoms with E-state index in [1.165, 1.54) is 0 Å². The van der Waals surface area contributed by atoms with Crippen molar-refractivity contribution in [3.63, 3.8) is 0 Å². The van der Waals surface area contributed by atoms with E-state index in [9.17, 15) is 4.79 Å². The van der Waals surface area contributed by atoms with E-state index < -0.39 is 0 Å². The highest BCUT2D eigenvalue weighted by atomic mass is 16.5. The first-order valence-corrected chi connectivity index (χ1v) is 11.5. The second-order valence-corrected chi connectivity index (χ2v) is 7.57. The van der Waals surface area contributed by atoms with E-state index in [4.69, 9.17) is 29.2 Å². The smallest absolute Gasteiger partial charge is 0.225 e. The molecular formula is C26H36N2O7. The Bertz CT molecular complexity index is 947. The second-order valence-electron chi connectivity index (χ2n) is 7.57. The Hall–Kier alpha value is -3.27. The third-order valence-corrected chi connectivity index (χ3v) is 5.22. The number of rotatable bonds is 15. The summed E-state index contributed by atoms with van der Waals surface area (Å²) in [7, 11) is 4.69. The molecule has 2 aromatic carbocycles. The topological polar surface area (TPSA) is 110 Å². The van der Waals surface area contributed by atoms with Crippen LogP contribution in [0.3, 0.4) is 0 Å². The first-order chi connectivity index (χ1) is 17.0. The first kappa shape index (κ1) is 28.0. The maximum atomic E-state index is 12.6. The number of ether oxygens (including phenoxy) is 4. The van der Waals surface area contributed by atoms with Crippen LogP contribution in [0.1, 0.15) is 24.5 Å². The largest absolute Gasteiger partial charge is 0.493 e. The number of methoxy groups -OCH3 is 3. The van der Waals surface area contributed by atoms with Crippen LogP contribution in [0.15, 0.2) is 30.3 Å². The van der Waals surface area contributed by atoms with Crippen LogP contribution in [0.5, 0.6) is 23.0 Å². The molecule has 9 nitrogen and oxygen atoms in total. The van der Waals surface area contributed by atoms with E-state index in [1.807, 2.05) is 54.3 Å². The summed E-state index contributed by atoms with van der Waals surface area (Å²) in [5, 5.41) is 21.2. The number of carbonyl (C=O) groups excluding carboxylic acids is 1. The Morgan fingerprint density at radius 2 is 1.51 bits per heavy atom. The lowest BCUT2D eigenvalue weighted by molar-refractivity contribution is -0.116. The van der Waals surface area contributed by atoms with Crippen LogP contribution in [-0.2, 0) is 4.79 Å². The fourth-order valence-corrected chi connectivity index (χ4v) is 3.51. The van der Waals surface area contributed by atoms with Crippen LogP contribution < -0.4 is 24.3 Å². The van der Waals surface area contributed by atoms with Crippen LogP contribution >= 0.6 is 0 Å². The van der Waals surface area contributed by atoms with Gasteiger partial charge < -0.3 is 34.5 Å². The summed E-state index contributed by atoms with van der Waals surface area (Å²) < 4.78 is 21.9. The number of aliphatic hydroxyl groups is 2. The van der Waals surface area contributed by atoms with Gasteiger partial charge in [-0.1, -0.05) is 18.2 Å². The third-order valence-electron chi connectivity index (χ3n) is 5.22. The second kappa shape index (κ2) is 14.9. The first-order valence-electron chi connectivity index (χ1n) is 11.5. The molecule has 192 valence electrons. The highest BCUT2D eigenvalue weighted by Crippen LogP contribution is 2.38. The maximum Gasteiger partial charge on any atom is 0.225 e. The van der Waals surface area contributed by atoms with Crippen molar-refractivity contribution in [2.45, 2.75) is 13.3 Å². The number of aliphatic hydroxyl groups excluding tert-OH is 2. The van der Waals surface area contributed by atoms with Gasteiger partial charge in [-0.3, -0.25) is 9.69 Å². The van der Waals surface area contributed by atoms with Crippen molar-refractivity contribution in [2.75, 3.05) is 66.1 Å². The minimum Gasteiger partial charge on any atom is -0.493 e. The lowest BCUT2D eigenvalue weighted by Crippen LogP contribution is -2.32. The van der Waals surface area contributed by atoms with Crippen molar-refractivity contribution in [1.29, 1.82) is 0 Å². The molecule has 0 aliphatic heterocycles. The summed E-state index contributed by atoms with van der Waals surface area (Å²) >= 11 is 0. The van der Waals surface area contributed by atoms with Crippen molar-refractivity contribution >= 4 is 23.7 Å². The number of nitrogens with one attached hydrogen (secondary N) is 1. The van der Waals surface area contributed by atoms with Crippen LogP contribution in [0.2, 0.25) is 0 Å². The zero-order valence-electron chi connectivity index (χ0n) is 20.9. The monoisotopic (exact) mass is 488 g/mol. The Labute approximate surface area is 206 Å². The molecule has 0 heterocycles. The van der Waals surface area contributed by atoms with E-state index in [1.54, 1.807) is 21.3 Å². The van der Waals surface area contributed by atoms with Crippen molar-refractivity contribution in [1.82, 2.24) is 4.90 Å². The molecule has 0 unspecified atom stereocenters. The van der Waals surface area contributed by atoms with Gasteiger partial charge in [-0.2, -0.15) is 0 Å². The summed E-state index contributed by atoms with van der Waals surface area (Å²) in [5.41, 5.74) is 2.28. The summed E-state index contributed by atoms with van der Waals surface area (Å²) in [6.45, 7) is 3.51. The van der Waals surface area contributed by atoms with Crippen molar-refractivity contribution < 1.29 is 34.0 Å². The van der Waals surface area contributed by atoms with E-state index in [-0.39, 0.29) is 25.5 Å². The molecule has 0 saturated heterocycles. The zero-order chi connectivity index (χ0) is 25.6. The number of anilines is 1. The summed E-state index contributed by atoms with van der Waals surface area (Å²) in [6.07, 6.45) is 4.04. The molecule has 35 heavy (non-hydrogen) atoms. The lowest BCUT2D eigenvalue weighted by Gasteiger charge is -2.20. The molecular weight excluding hydrogens is 452 g/mol. The molecule has 2 aromatic rings. The molecule has 3 N–H and O–H groups in total. The average Bonchev–Trinajstić information content (AvgIpc) is 2.87. The Morgan fingerprint density at radius 3 is 2.06 bits per heavy atom. The van der Waals surface area contributed by atoms with Gasteiger partial charge in [0.1, 0.15) is 5.75 Å². The van der Waals surface area contributed by atoms with Crippen LogP contribution in [0, 0.1) is 0 Å². The number of amides is 1. The fraction of sp³-hybridized carbons (Fsp3) is 0.423. The predicted octanol–water partition coefficient (Wildman–Crippen LogP) is 2.90. The molecule has 0 radical (unpaired) electrons. The Morgan fingerprint density at radius 1 is 0.886 bits per heavy atom. The summed E-state index contributed by atoms with van der Waals surface area (Å²) in [6, 6.07) is 9.26. The van der Waals surface area contributed by atoms with E-state index in [0.717, 1.165) is 11.1 Å². The predicted molar refractivity (Wildman–Crippen MR) is 136 cm³/mol. The molecule has 1 amide bonds. The van der Waals surface area contributed by atoms with Crippen molar-refractivity contribution in [2.24, 2.45) is 0 Å². The fourth-order valence-electron chi connectivity index (χ4n) is 3.51. The standard InChI is InChI=1S/C26H36N2O7/c1-5-35-22-9-8-19(6-7-20-17-23(32-2)26(34-4)24(18-20)33-3)16-21(22)27-25(31)10-11-28(12-14-29)13-15-30/h6-9,16-18,29-30H,5,10-15H2,1-4H3,(H,27,31)/b7-6-. The van der Waals surface area contributed by atoms with Gasteiger partial charge in [-0.05, 0) is 42.3 Å².